The number of carbonyl (C=O) groups excluding carboxylic acids is 1. The van der Waals surface area contributed by atoms with E-state index in [9.17, 15) is 4.79 Å². The molecule has 1 amide bonds. The maximum atomic E-state index is 13.1. The third-order valence-electron chi connectivity index (χ3n) is 9.50. The summed E-state index contributed by atoms with van der Waals surface area (Å²) in [7, 11) is 6.32. The molecule has 1 fully saturated rings. The lowest BCUT2D eigenvalue weighted by Gasteiger charge is -2.50. The lowest BCUT2D eigenvalue weighted by molar-refractivity contribution is -0.922. The minimum absolute atomic E-state index is 0.108. The first-order valence-corrected chi connectivity index (χ1v) is 15.7. The molecule has 2 N–H and O–H groups in total. The first-order chi connectivity index (χ1) is 20.6. The molecule has 0 radical (unpaired) electrons. The molecular weight excluding hydrogens is 536 g/mol. The van der Waals surface area contributed by atoms with Crippen LogP contribution in [-0.4, -0.2) is 63.4 Å². The number of nitrogens with zero attached hydrogens (tertiary/aromatic N) is 5. The number of pyridine rings is 2. The van der Waals surface area contributed by atoms with Crippen molar-refractivity contribution in [2.24, 2.45) is 24.1 Å². The summed E-state index contributed by atoms with van der Waals surface area (Å²) in [6.07, 6.45) is 12.6. The minimum Gasteiger partial charge on any atom is -0.471 e. The monoisotopic (exact) mass is 583 g/mol. The number of amides is 1. The standard InChI is InChI=1S/C35H46N6O2/c1-6-7-11-29-20-27-10-8-9-12-30(27)33(39-29)43-18-17-41(4,5)32-16-14-25(21-35(32,2)34(36)42)19-26-13-15-31(37-22-26)28-23-38-40(3)24-28/h8-10,12-13,15,20,22-25,32H,6-7,11,14,16-19,21H2,1-5H3,(H-,36,42)/p+1. The van der Waals surface area contributed by atoms with Crippen molar-refractivity contribution in [2.45, 2.75) is 64.8 Å². The Hall–Kier alpha value is -3.78. The largest absolute Gasteiger partial charge is 0.471 e. The molecule has 228 valence electrons. The third kappa shape index (κ3) is 6.90. The van der Waals surface area contributed by atoms with Gasteiger partial charge in [0.25, 0.3) is 0 Å². The van der Waals surface area contributed by atoms with Crippen LogP contribution in [0.15, 0.2) is 61.1 Å². The van der Waals surface area contributed by atoms with Gasteiger partial charge >= 0.3 is 0 Å². The van der Waals surface area contributed by atoms with Crippen LogP contribution < -0.4 is 10.5 Å². The summed E-state index contributed by atoms with van der Waals surface area (Å²) < 4.78 is 8.83. The van der Waals surface area contributed by atoms with Gasteiger partial charge in [-0.15, -0.1) is 0 Å². The second-order valence-electron chi connectivity index (χ2n) is 13.2. The quantitative estimate of drug-likeness (QED) is 0.215. The fraction of sp³-hybridized carbons (Fsp3) is 0.486. The van der Waals surface area contributed by atoms with Crippen LogP contribution in [0.2, 0.25) is 0 Å². The second kappa shape index (κ2) is 12.8. The van der Waals surface area contributed by atoms with E-state index in [-0.39, 0.29) is 11.9 Å². The van der Waals surface area contributed by atoms with Gasteiger partial charge in [-0.2, -0.15) is 5.10 Å². The summed E-state index contributed by atoms with van der Waals surface area (Å²) in [6.45, 7) is 5.55. The zero-order valence-electron chi connectivity index (χ0n) is 26.4. The van der Waals surface area contributed by atoms with Crippen molar-refractivity contribution in [3.05, 3.63) is 72.3 Å². The van der Waals surface area contributed by atoms with Crippen LogP contribution in [-0.2, 0) is 24.7 Å². The third-order valence-corrected chi connectivity index (χ3v) is 9.50. The van der Waals surface area contributed by atoms with E-state index in [2.05, 4.69) is 74.4 Å². The Morgan fingerprint density at radius 3 is 2.67 bits per heavy atom. The number of quaternary nitrogens is 1. The van der Waals surface area contributed by atoms with Gasteiger partial charge in [0.05, 0.1) is 31.4 Å². The van der Waals surface area contributed by atoms with E-state index >= 15 is 0 Å². The van der Waals surface area contributed by atoms with Crippen LogP contribution in [0.25, 0.3) is 22.0 Å². The first-order valence-electron chi connectivity index (χ1n) is 15.7. The Bertz CT molecular complexity index is 1550. The lowest BCUT2D eigenvalue weighted by Crippen LogP contribution is -2.63. The number of hydrogen-bond donors (Lipinski definition) is 1. The van der Waals surface area contributed by atoms with Crippen LogP contribution in [0.4, 0.5) is 0 Å². The van der Waals surface area contributed by atoms with Gasteiger partial charge in [-0.25, -0.2) is 4.98 Å². The molecule has 0 saturated heterocycles. The number of aryl methyl sites for hydroxylation is 2. The Labute approximate surface area is 255 Å². The number of primary amides is 1. The highest BCUT2D eigenvalue weighted by molar-refractivity contribution is 5.87. The molecule has 43 heavy (non-hydrogen) atoms. The normalized spacial score (nSPS) is 20.8. The van der Waals surface area contributed by atoms with Crippen molar-refractivity contribution in [1.29, 1.82) is 0 Å². The number of unbranched alkanes of at least 4 members (excludes halogenated alkanes) is 1. The zero-order chi connectivity index (χ0) is 30.6. The molecule has 8 heteroatoms. The number of rotatable bonds is 12. The zero-order valence-corrected chi connectivity index (χ0v) is 26.4. The molecule has 3 unspecified atom stereocenters. The summed E-state index contributed by atoms with van der Waals surface area (Å²) in [5, 5.41) is 6.45. The molecule has 3 atom stereocenters. The fourth-order valence-corrected chi connectivity index (χ4v) is 7.06. The molecule has 1 aromatic carbocycles. The molecule has 3 aromatic heterocycles. The highest BCUT2D eigenvalue weighted by Crippen LogP contribution is 2.44. The maximum Gasteiger partial charge on any atom is 0.229 e. The van der Waals surface area contributed by atoms with Gasteiger partial charge in [0, 0.05) is 42.5 Å². The SMILES string of the molecule is CCCCc1cc2ccccc2c(OCC[N+](C)(C)C2CCC(Cc3ccc(-c4cnn(C)c4)nc3)CC2(C)C(N)=O)n1. The number of carbonyl (C=O) groups is 1. The van der Waals surface area contributed by atoms with Gasteiger partial charge in [-0.1, -0.05) is 37.6 Å². The van der Waals surface area contributed by atoms with Crippen molar-refractivity contribution in [3.8, 4) is 17.1 Å². The number of benzene rings is 1. The van der Waals surface area contributed by atoms with E-state index in [1.807, 2.05) is 31.7 Å². The summed E-state index contributed by atoms with van der Waals surface area (Å²) in [4.78, 5) is 22.6. The van der Waals surface area contributed by atoms with Crippen LogP contribution in [0, 0.1) is 11.3 Å². The number of fused-ring (bicyclic) bond motifs is 1. The lowest BCUT2D eigenvalue weighted by atomic mass is 9.64. The number of aromatic nitrogens is 4. The molecule has 0 aliphatic heterocycles. The Morgan fingerprint density at radius 2 is 1.98 bits per heavy atom. The molecular formula is C35H47N6O2+. The van der Waals surface area contributed by atoms with Crippen LogP contribution in [0.5, 0.6) is 5.88 Å². The number of hydrogen-bond acceptors (Lipinski definition) is 5. The van der Waals surface area contributed by atoms with Crippen molar-refractivity contribution in [2.75, 3.05) is 27.2 Å². The summed E-state index contributed by atoms with van der Waals surface area (Å²) >= 11 is 0. The van der Waals surface area contributed by atoms with Crippen LogP contribution >= 0.6 is 0 Å². The van der Waals surface area contributed by atoms with E-state index in [1.165, 1.54) is 5.56 Å². The Morgan fingerprint density at radius 1 is 1.16 bits per heavy atom. The molecule has 1 aliphatic rings. The van der Waals surface area contributed by atoms with Crippen molar-refractivity contribution >= 4 is 16.7 Å². The highest BCUT2D eigenvalue weighted by atomic mass is 16.5. The summed E-state index contributed by atoms with van der Waals surface area (Å²) in [5.41, 5.74) is 9.73. The van der Waals surface area contributed by atoms with E-state index in [0.29, 0.717) is 22.9 Å². The predicted octanol–water partition coefficient (Wildman–Crippen LogP) is 5.73. The summed E-state index contributed by atoms with van der Waals surface area (Å²) in [6, 6.07) is 14.8. The Balaban J connectivity index is 1.24. The van der Waals surface area contributed by atoms with Gasteiger partial charge in [0.1, 0.15) is 19.2 Å². The average molecular weight is 584 g/mol. The summed E-state index contributed by atoms with van der Waals surface area (Å²) in [5.74, 6) is 0.863. The van der Waals surface area contributed by atoms with Crippen molar-refractivity contribution < 1.29 is 14.0 Å². The van der Waals surface area contributed by atoms with Gasteiger partial charge in [0.15, 0.2) is 0 Å². The molecule has 5 rings (SSSR count). The molecule has 0 bridgehead atoms. The predicted molar refractivity (Wildman–Crippen MR) is 171 cm³/mol. The molecule has 0 spiro atoms. The first kappa shape index (κ1) is 30.7. The van der Waals surface area contributed by atoms with E-state index in [4.69, 9.17) is 15.5 Å². The molecule has 1 aliphatic carbocycles. The second-order valence-corrected chi connectivity index (χ2v) is 13.2. The average Bonchev–Trinajstić information content (AvgIpc) is 3.42. The van der Waals surface area contributed by atoms with Crippen molar-refractivity contribution in [3.63, 3.8) is 0 Å². The molecule has 8 nitrogen and oxygen atoms in total. The number of ether oxygens (including phenoxy) is 1. The van der Waals surface area contributed by atoms with Crippen LogP contribution in [0.3, 0.4) is 0 Å². The van der Waals surface area contributed by atoms with Crippen LogP contribution in [0.1, 0.15) is 57.2 Å². The molecule has 1 saturated carbocycles. The fourth-order valence-electron chi connectivity index (χ4n) is 7.06. The maximum absolute atomic E-state index is 13.1. The highest BCUT2D eigenvalue weighted by Gasteiger charge is 2.52. The van der Waals surface area contributed by atoms with Gasteiger partial charge in [0.2, 0.25) is 11.8 Å². The topological polar surface area (TPSA) is 95.9 Å². The molecule has 4 aromatic rings. The van der Waals surface area contributed by atoms with Crippen molar-refractivity contribution in [1.82, 2.24) is 19.7 Å². The van der Waals surface area contributed by atoms with E-state index in [1.54, 1.807) is 4.68 Å². The smallest absolute Gasteiger partial charge is 0.229 e. The van der Waals surface area contributed by atoms with E-state index in [0.717, 1.165) is 79.2 Å². The number of nitrogens with two attached hydrogens (primary N) is 1. The minimum atomic E-state index is -0.611. The Kier molecular flexibility index (Phi) is 9.16. The molecule has 3 heterocycles. The van der Waals surface area contributed by atoms with E-state index < -0.39 is 5.41 Å². The van der Waals surface area contributed by atoms with Gasteiger partial charge < -0.3 is 15.0 Å². The number of likely N-dealkylation sites (N-methyl/N-ethyl adjacent to an activating group) is 1. The van der Waals surface area contributed by atoms with Gasteiger partial charge in [-0.05, 0) is 74.1 Å². The van der Waals surface area contributed by atoms with Gasteiger partial charge in [-0.3, -0.25) is 14.5 Å².